The standard InChI is InChI=1S/C12H7N3O/c16-11-6-4-8-3-5-10-9(12(8)14-11)2-1-7-13-15-10/h1-7H. The van der Waals surface area contributed by atoms with Crippen LogP contribution in [0.4, 0.5) is 0 Å². The average molecular weight is 209 g/mol. The van der Waals surface area contributed by atoms with E-state index in [-0.39, 0.29) is 5.56 Å². The van der Waals surface area contributed by atoms with Crippen molar-refractivity contribution in [1.82, 2.24) is 15.2 Å². The van der Waals surface area contributed by atoms with Gasteiger partial charge in [0, 0.05) is 23.0 Å². The third-order valence-corrected chi connectivity index (χ3v) is 2.43. The molecule has 0 aliphatic rings. The summed E-state index contributed by atoms with van der Waals surface area (Å²) in [5.74, 6) is 0. The Kier molecular flexibility index (Phi) is 1.86. The van der Waals surface area contributed by atoms with E-state index in [4.69, 9.17) is 0 Å². The van der Waals surface area contributed by atoms with E-state index in [0.29, 0.717) is 5.52 Å². The first-order valence-electron chi connectivity index (χ1n) is 4.86. The first-order chi connectivity index (χ1) is 7.84. The topological polar surface area (TPSA) is 55.7 Å². The van der Waals surface area contributed by atoms with Gasteiger partial charge in [0.15, 0.2) is 0 Å². The van der Waals surface area contributed by atoms with E-state index < -0.39 is 0 Å². The van der Waals surface area contributed by atoms with Crippen LogP contribution in [0.5, 0.6) is 0 Å². The van der Waals surface area contributed by atoms with Crippen LogP contribution in [0, 0.1) is 0 Å². The van der Waals surface area contributed by atoms with E-state index in [9.17, 15) is 4.79 Å². The van der Waals surface area contributed by atoms with Crippen LogP contribution < -0.4 is 5.56 Å². The summed E-state index contributed by atoms with van der Waals surface area (Å²) in [6, 6.07) is 10.6. The average Bonchev–Trinajstić information content (AvgIpc) is 2.54. The van der Waals surface area contributed by atoms with Gasteiger partial charge in [-0.25, -0.2) is 4.98 Å². The highest BCUT2D eigenvalue weighted by Gasteiger charge is 2.01. The Morgan fingerprint density at radius 3 is 2.81 bits per heavy atom. The molecule has 0 fully saturated rings. The van der Waals surface area contributed by atoms with E-state index in [1.807, 2.05) is 18.2 Å². The molecular weight excluding hydrogens is 202 g/mol. The molecule has 0 saturated heterocycles. The normalized spacial score (nSPS) is 10.8. The summed E-state index contributed by atoms with van der Waals surface area (Å²) in [6.45, 7) is 0. The summed E-state index contributed by atoms with van der Waals surface area (Å²) in [5, 5.41) is 9.65. The number of benzene rings is 1. The van der Waals surface area contributed by atoms with Crippen LogP contribution in [0.1, 0.15) is 0 Å². The third-order valence-electron chi connectivity index (χ3n) is 2.43. The molecule has 4 heteroatoms. The van der Waals surface area contributed by atoms with Crippen LogP contribution in [-0.4, -0.2) is 15.2 Å². The number of hydrogen-bond donors (Lipinski definition) is 0. The van der Waals surface area contributed by atoms with Gasteiger partial charge in [-0.2, -0.15) is 10.2 Å². The lowest BCUT2D eigenvalue weighted by atomic mass is 10.1. The van der Waals surface area contributed by atoms with E-state index in [0.717, 1.165) is 16.3 Å². The van der Waals surface area contributed by atoms with E-state index in [1.165, 1.54) is 6.07 Å². The zero-order chi connectivity index (χ0) is 11.0. The van der Waals surface area contributed by atoms with Gasteiger partial charge in [0.2, 0.25) is 0 Å². The summed E-state index contributed by atoms with van der Waals surface area (Å²) in [7, 11) is 0. The molecule has 0 atom stereocenters. The first kappa shape index (κ1) is 8.91. The van der Waals surface area contributed by atoms with Crippen LogP contribution in [0.15, 0.2) is 47.4 Å². The molecule has 0 bridgehead atoms. The van der Waals surface area contributed by atoms with Crippen LogP contribution in [-0.2, 0) is 0 Å². The van der Waals surface area contributed by atoms with E-state index in [2.05, 4.69) is 15.2 Å². The van der Waals surface area contributed by atoms with Gasteiger partial charge in [-0.1, -0.05) is 6.07 Å². The van der Waals surface area contributed by atoms with Crippen LogP contribution in [0.3, 0.4) is 0 Å². The van der Waals surface area contributed by atoms with Crippen molar-refractivity contribution in [3.63, 3.8) is 0 Å². The first-order valence-corrected chi connectivity index (χ1v) is 4.86. The molecule has 0 amide bonds. The maximum Gasteiger partial charge on any atom is 0.270 e. The van der Waals surface area contributed by atoms with E-state index >= 15 is 0 Å². The Bertz CT molecular complexity index is 740. The van der Waals surface area contributed by atoms with Gasteiger partial charge in [0.05, 0.1) is 11.0 Å². The molecule has 76 valence electrons. The number of nitrogens with zero attached hydrogens (tertiary/aromatic N) is 3. The van der Waals surface area contributed by atoms with Crippen LogP contribution in [0.25, 0.3) is 21.8 Å². The highest BCUT2D eigenvalue weighted by molar-refractivity contribution is 6.02. The number of aromatic nitrogens is 3. The highest BCUT2D eigenvalue weighted by atomic mass is 16.1. The maximum absolute atomic E-state index is 11.3. The molecule has 0 N–H and O–H groups in total. The SMILES string of the molecule is O=c1ccc2ccc3nncccc3c2n1. The Hall–Kier alpha value is -2.36. The zero-order valence-electron chi connectivity index (χ0n) is 8.29. The minimum atomic E-state index is -0.237. The number of pyridine rings is 1. The van der Waals surface area contributed by atoms with Crippen molar-refractivity contribution in [3.8, 4) is 0 Å². The van der Waals surface area contributed by atoms with Crippen molar-refractivity contribution in [2.24, 2.45) is 0 Å². The number of fused-ring (bicyclic) bond motifs is 3. The van der Waals surface area contributed by atoms with Crippen LogP contribution in [0.2, 0.25) is 0 Å². The molecular formula is C12H7N3O. The van der Waals surface area contributed by atoms with Crippen LogP contribution >= 0.6 is 0 Å². The minimum Gasteiger partial charge on any atom is -0.267 e. The molecule has 0 unspecified atom stereocenters. The summed E-state index contributed by atoms with van der Waals surface area (Å²) < 4.78 is 0. The Morgan fingerprint density at radius 2 is 1.88 bits per heavy atom. The predicted octanol–water partition coefficient (Wildman–Crippen LogP) is 1.54. The van der Waals surface area contributed by atoms with Crippen molar-refractivity contribution < 1.29 is 0 Å². The lowest BCUT2D eigenvalue weighted by Crippen LogP contribution is -2.02. The molecule has 3 rings (SSSR count). The summed E-state index contributed by atoms with van der Waals surface area (Å²) in [6.07, 6.45) is 1.60. The van der Waals surface area contributed by atoms with Gasteiger partial charge in [0.25, 0.3) is 5.56 Å². The van der Waals surface area contributed by atoms with Gasteiger partial charge < -0.3 is 0 Å². The smallest absolute Gasteiger partial charge is 0.267 e. The third kappa shape index (κ3) is 1.32. The molecule has 1 aromatic carbocycles. The largest absolute Gasteiger partial charge is 0.270 e. The molecule has 0 radical (unpaired) electrons. The second kappa shape index (κ2) is 3.34. The Morgan fingerprint density at radius 1 is 1.00 bits per heavy atom. The molecule has 2 heterocycles. The second-order valence-corrected chi connectivity index (χ2v) is 3.44. The summed E-state index contributed by atoms with van der Waals surface area (Å²) >= 11 is 0. The molecule has 3 aromatic rings. The maximum atomic E-state index is 11.3. The molecule has 0 aliphatic carbocycles. The van der Waals surface area contributed by atoms with Gasteiger partial charge in [-0.3, -0.25) is 4.79 Å². The lowest BCUT2D eigenvalue weighted by molar-refractivity contribution is 1.09. The van der Waals surface area contributed by atoms with Gasteiger partial charge >= 0.3 is 0 Å². The van der Waals surface area contributed by atoms with Gasteiger partial charge in [-0.15, -0.1) is 0 Å². The Labute approximate surface area is 90.6 Å². The summed E-state index contributed by atoms with van der Waals surface area (Å²) in [4.78, 5) is 15.3. The number of hydrogen-bond acceptors (Lipinski definition) is 4. The molecule has 0 spiro atoms. The quantitative estimate of drug-likeness (QED) is 0.563. The molecule has 0 aliphatic heterocycles. The molecule has 0 saturated carbocycles. The predicted molar refractivity (Wildman–Crippen MR) is 61.1 cm³/mol. The molecule has 4 nitrogen and oxygen atoms in total. The number of rotatable bonds is 0. The van der Waals surface area contributed by atoms with Crippen molar-refractivity contribution in [2.75, 3.05) is 0 Å². The van der Waals surface area contributed by atoms with Crippen molar-refractivity contribution in [3.05, 3.63) is 52.9 Å². The highest BCUT2D eigenvalue weighted by Crippen LogP contribution is 2.19. The molecule has 2 aromatic heterocycles. The van der Waals surface area contributed by atoms with Gasteiger partial charge in [-0.05, 0) is 24.3 Å². The fourth-order valence-corrected chi connectivity index (χ4v) is 1.71. The minimum absolute atomic E-state index is 0.237. The van der Waals surface area contributed by atoms with Crippen molar-refractivity contribution >= 4 is 21.8 Å². The fourth-order valence-electron chi connectivity index (χ4n) is 1.71. The van der Waals surface area contributed by atoms with Crippen molar-refractivity contribution in [1.29, 1.82) is 0 Å². The van der Waals surface area contributed by atoms with Gasteiger partial charge in [0.1, 0.15) is 0 Å². The second-order valence-electron chi connectivity index (χ2n) is 3.44. The Balaban J connectivity index is 2.63. The summed E-state index contributed by atoms with van der Waals surface area (Å²) in [5.41, 5.74) is 1.17. The lowest BCUT2D eigenvalue weighted by Gasteiger charge is -1.97. The van der Waals surface area contributed by atoms with Crippen molar-refractivity contribution in [2.45, 2.75) is 0 Å². The molecule has 16 heavy (non-hydrogen) atoms. The fraction of sp³-hybridized carbons (Fsp3) is 0. The van der Waals surface area contributed by atoms with E-state index in [1.54, 1.807) is 18.3 Å². The monoisotopic (exact) mass is 209 g/mol. The zero-order valence-corrected chi connectivity index (χ0v) is 8.29.